The third-order valence-electron chi connectivity index (χ3n) is 2.50. The normalized spacial score (nSPS) is 32.8. The molecule has 0 saturated carbocycles. The van der Waals surface area contributed by atoms with Crippen LogP contribution >= 0.6 is 0 Å². The Kier molecular flexibility index (Phi) is 2.69. The monoisotopic (exact) mass is 174 g/mol. The standard InChI is InChI=1S/C8H14O4/c1-6(9)8(7(10)11)3-2-4-12-5-8/h6,9H,2-5H2,1H3,(H,10,11). The number of carbonyl (C=O) groups is 1. The van der Waals surface area contributed by atoms with E-state index in [2.05, 4.69) is 0 Å². The smallest absolute Gasteiger partial charge is 0.314 e. The van der Waals surface area contributed by atoms with Crippen LogP contribution in [0.2, 0.25) is 0 Å². The Morgan fingerprint density at radius 1 is 1.67 bits per heavy atom. The number of aliphatic carboxylic acids is 1. The van der Waals surface area contributed by atoms with Gasteiger partial charge in [0, 0.05) is 6.61 Å². The zero-order chi connectivity index (χ0) is 9.19. The second kappa shape index (κ2) is 3.41. The van der Waals surface area contributed by atoms with Crippen molar-refractivity contribution in [2.24, 2.45) is 5.41 Å². The number of aliphatic hydroxyl groups excluding tert-OH is 1. The molecular formula is C8H14O4. The Morgan fingerprint density at radius 2 is 2.33 bits per heavy atom. The topological polar surface area (TPSA) is 66.8 Å². The summed E-state index contributed by atoms with van der Waals surface area (Å²) >= 11 is 0. The summed E-state index contributed by atoms with van der Waals surface area (Å²) < 4.78 is 5.07. The van der Waals surface area contributed by atoms with Crippen molar-refractivity contribution < 1.29 is 19.7 Å². The van der Waals surface area contributed by atoms with Gasteiger partial charge in [-0.1, -0.05) is 0 Å². The summed E-state index contributed by atoms with van der Waals surface area (Å²) in [4.78, 5) is 10.9. The molecule has 1 aliphatic rings. The van der Waals surface area contributed by atoms with Crippen LogP contribution in [0.4, 0.5) is 0 Å². The summed E-state index contributed by atoms with van der Waals surface area (Å²) in [5.74, 6) is -0.961. The molecule has 1 aliphatic heterocycles. The summed E-state index contributed by atoms with van der Waals surface area (Å²) in [7, 11) is 0. The van der Waals surface area contributed by atoms with E-state index < -0.39 is 17.5 Å². The quantitative estimate of drug-likeness (QED) is 0.629. The predicted octanol–water partition coefficient (Wildman–Crippen LogP) is 0.249. The molecule has 0 spiro atoms. The van der Waals surface area contributed by atoms with E-state index in [1.165, 1.54) is 6.92 Å². The van der Waals surface area contributed by atoms with Crippen molar-refractivity contribution in [2.75, 3.05) is 13.2 Å². The van der Waals surface area contributed by atoms with Crippen molar-refractivity contribution in [1.29, 1.82) is 0 Å². The molecule has 12 heavy (non-hydrogen) atoms. The molecule has 0 radical (unpaired) electrons. The van der Waals surface area contributed by atoms with Crippen molar-refractivity contribution in [3.05, 3.63) is 0 Å². The molecule has 1 fully saturated rings. The average molecular weight is 174 g/mol. The van der Waals surface area contributed by atoms with Gasteiger partial charge in [-0.3, -0.25) is 4.79 Å². The molecule has 0 bridgehead atoms. The van der Waals surface area contributed by atoms with Gasteiger partial charge in [0.1, 0.15) is 5.41 Å². The Balaban J connectivity index is 2.77. The van der Waals surface area contributed by atoms with E-state index in [9.17, 15) is 9.90 Å². The number of ether oxygens (including phenoxy) is 1. The molecule has 0 amide bonds. The van der Waals surface area contributed by atoms with E-state index in [1.807, 2.05) is 0 Å². The lowest BCUT2D eigenvalue weighted by Crippen LogP contribution is -2.47. The second-order valence-electron chi connectivity index (χ2n) is 3.29. The van der Waals surface area contributed by atoms with Gasteiger partial charge in [0.05, 0.1) is 12.7 Å². The number of hydrogen-bond acceptors (Lipinski definition) is 3. The minimum absolute atomic E-state index is 0.125. The Labute approximate surface area is 71.2 Å². The number of carboxylic acid groups (broad SMARTS) is 1. The van der Waals surface area contributed by atoms with Crippen LogP contribution in [-0.4, -0.2) is 35.5 Å². The molecule has 0 aromatic carbocycles. The number of rotatable bonds is 2. The SMILES string of the molecule is CC(O)C1(C(=O)O)CCCOC1. The van der Waals surface area contributed by atoms with Gasteiger partial charge in [-0.05, 0) is 19.8 Å². The highest BCUT2D eigenvalue weighted by atomic mass is 16.5. The predicted molar refractivity (Wildman–Crippen MR) is 41.8 cm³/mol. The minimum atomic E-state index is -1.07. The maximum absolute atomic E-state index is 10.9. The molecule has 4 heteroatoms. The maximum atomic E-state index is 10.9. The largest absolute Gasteiger partial charge is 0.481 e. The molecule has 0 aromatic rings. The van der Waals surface area contributed by atoms with Gasteiger partial charge in [0.25, 0.3) is 0 Å². The van der Waals surface area contributed by atoms with Crippen LogP contribution in [0.3, 0.4) is 0 Å². The first-order valence-corrected chi connectivity index (χ1v) is 4.09. The van der Waals surface area contributed by atoms with Gasteiger partial charge in [0.15, 0.2) is 0 Å². The lowest BCUT2D eigenvalue weighted by Gasteiger charge is -2.35. The molecule has 1 heterocycles. The summed E-state index contributed by atoms with van der Waals surface area (Å²) in [6, 6.07) is 0. The van der Waals surface area contributed by atoms with E-state index >= 15 is 0 Å². The highest BCUT2D eigenvalue weighted by Crippen LogP contribution is 2.32. The van der Waals surface area contributed by atoms with Gasteiger partial charge in [-0.2, -0.15) is 0 Å². The summed E-state index contributed by atoms with van der Waals surface area (Å²) in [6.45, 7) is 2.23. The molecule has 2 unspecified atom stereocenters. The highest BCUT2D eigenvalue weighted by molar-refractivity contribution is 5.75. The Morgan fingerprint density at radius 3 is 2.58 bits per heavy atom. The zero-order valence-corrected chi connectivity index (χ0v) is 7.12. The van der Waals surface area contributed by atoms with Crippen molar-refractivity contribution in [1.82, 2.24) is 0 Å². The molecular weight excluding hydrogens is 160 g/mol. The van der Waals surface area contributed by atoms with Gasteiger partial charge in [-0.15, -0.1) is 0 Å². The van der Waals surface area contributed by atoms with Crippen molar-refractivity contribution in [2.45, 2.75) is 25.9 Å². The van der Waals surface area contributed by atoms with Gasteiger partial charge >= 0.3 is 5.97 Å². The van der Waals surface area contributed by atoms with Crippen molar-refractivity contribution in [3.8, 4) is 0 Å². The first-order chi connectivity index (χ1) is 5.59. The maximum Gasteiger partial charge on any atom is 0.314 e. The Bertz CT molecular complexity index is 170. The lowest BCUT2D eigenvalue weighted by molar-refractivity contribution is -0.168. The third kappa shape index (κ3) is 1.44. The third-order valence-corrected chi connectivity index (χ3v) is 2.50. The van der Waals surface area contributed by atoms with Gasteiger partial charge in [0.2, 0.25) is 0 Å². The van der Waals surface area contributed by atoms with Crippen molar-refractivity contribution >= 4 is 5.97 Å². The highest BCUT2D eigenvalue weighted by Gasteiger charge is 2.44. The van der Waals surface area contributed by atoms with E-state index in [0.29, 0.717) is 19.4 Å². The molecule has 70 valence electrons. The molecule has 0 aromatic heterocycles. The molecule has 4 nitrogen and oxygen atoms in total. The van der Waals surface area contributed by atoms with Crippen molar-refractivity contribution in [3.63, 3.8) is 0 Å². The van der Waals surface area contributed by atoms with Crippen LogP contribution in [0.15, 0.2) is 0 Å². The number of aliphatic hydroxyl groups is 1. The number of hydrogen-bond donors (Lipinski definition) is 2. The molecule has 2 N–H and O–H groups in total. The van der Waals surface area contributed by atoms with Gasteiger partial charge in [-0.25, -0.2) is 0 Å². The van der Waals surface area contributed by atoms with Crippen LogP contribution in [0.25, 0.3) is 0 Å². The molecule has 1 rings (SSSR count). The second-order valence-corrected chi connectivity index (χ2v) is 3.29. The first kappa shape index (κ1) is 9.48. The van der Waals surface area contributed by atoms with E-state index in [4.69, 9.17) is 9.84 Å². The molecule has 1 saturated heterocycles. The first-order valence-electron chi connectivity index (χ1n) is 4.09. The Hall–Kier alpha value is -0.610. The van der Waals surface area contributed by atoms with E-state index in [0.717, 1.165) is 0 Å². The van der Waals surface area contributed by atoms with Crippen LogP contribution in [-0.2, 0) is 9.53 Å². The van der Waals surface area contributed by atoms with Crippen LogP contribution in [0.1, 0.15) is 19.8 Å². The fraction of sp³-hybridized carbons (Fsp3) is 0.875. The lowest BCUT2D eigenvalue weighted by atomic mass is 9.78. The average Bonchev–Trinajstić information content (AvgIpc) is 2.05. The van der Waals surface area contributed by atoms with E-state index in [1.54, 1.807) is 0 Å². The van der Waals surface area contributed by atoms with E-state index in [-0.39, 0.29) is 6.61 Å². The fourth-order valence-electron chi connectivity index (χ4n) is 1.49. The van der Waals surface area contributed by atoms with Gasteiger partial charge < -0.3 is 14.9 Å². The fourth-order valence-corrected chi connectivity index (χ4v) is 1.49. The number of carboxylic acids is 1. The van der Waals surface area contributed by atoms with Crippen LogP contribution in [0, 0.1) is 5.41 Å². The van der Waals surface area contributed by atoms with Crippen LogP contribution < -0.4 is 0 Å². The molecule has 0 aliphatic carbocycles. The summed E-state index contributed by atoms with van der Waals surface area (Å²) in [6.07, 6.45) is 0.354. The minimum Gasteiger partial charge on any atom is -0.481 e. The molecule has 2 atom stereocenters. The summed E-state index contributed by atoms with van der Waals surface area (Å²) in [5, 5.41) is 18.3. The van der Waals surface area contributed by atoms with Crippen LogP contribution in [0.5, 0.6) is 0 Å². The summed E-state index contributed by atoms with van der Waals surface area (Å²) in [5.41, 5.74) is -1.07. The zero-order valence-electron chi connectivity index (χ0n) is 7.12.